The Kier molecular flexibility index (Phi) is 7.07. The number of hydrogen-bond acceptors (Lipinski definition) is 2. The zero-order valence-electron chi connectivity index (χ0n) is 9.90. The quantitative estimate of drug-likeness (QED) is 0.705. The molecule has 0 amide bonds. The first-order valence-electron chi connectivity index (χ1n) is 5.55. The number of ether oxygens (including phenoxy) is 1. The molecule has 1 rings (SSSR count). The molecule has 0 aromatic heterocycles. The SMILES string of the molecule is CCNC(C)CCOc1c(Br)cc(Br)cc1Br. The lowest BCUT2D eigenvalue weighted by atomic mass is 10.2. The van der Waals surface area contributed by atoms with Crippen molar-refractivity contribution in [2.75, 3.05) is 13.2 Å². The van der Waals surface area contributed by atoms with E-state index in [0.29, 0.717) is 12.6 Å². The summed E-state index contributed by atoms with van der Waals surface area (Å²) in [6.45, 7) is 5.97. The molecule has 0 aliphatic rings. The minimum absolute atomic E-state index is 0.480. The molecule has 17 heavy (non-hydrogen) atoms. The molecule has 1 N–H and O–H groups in total. The van der Waals surface area contributed by atoms with Crippen molar-refractivity contribution >= 4 is 47.8 Å². The summed E-state index contributed by atoms with van der Waals surface area (Å²) in [5.41, 5.74) is 0. The maximum atomic E-state index is 5.78. The van der Waals surface area contributed by atoms with Crippen LogP contribution in [0.15, 0.2) is 25.6 Å². The van der Waals surface area contributed by atoms with Crippen LogP contribution in [0, 0.1) is 0 Å². The molecule has 1 unspecified atom stereocenters. The van der Waals surface area contributed by atoms with Crippen molar-refractivity contribution < 1.29 is 4.74 Å². The molecule has 0 bridgehead atoms. The lowest BCUT2D eigenvalue weighted by Gasteiger charge is -2.14. The highest BCUT2D eigenvalue weighted by Crippen LogP contribution is 2.36. The summed E-state index contributed by atoms with van der Waals surface area (Å²) in [5, 5.41) is 3.36. The molecule has 0 fully saturated rings. The van der Waals surface area contributed by atoms with E-state index in [4.69, 9.17) is 4.74 Å². The second-order valence-corrected chi connectivity index (χ2v) is 6.42. The normalized spacial score (nSPS) is 12.5. The van der Waals surface area contributed by atoms with Crippen LogP contribution in [-0.4, -0.2) is 19.2 Å². The maximum absolute atomic E-state index is 5.78. The van der Waals surface area contributed by atoms with E-state index in [1.54, 1.807) is 0 Å². The van der Waals surface area contributed by atoms with E-state index in [0.717, 1.165) is 32.1 Å². The molecule has 1 aromatic rings. The molecule has 5 heteroatoms. The van der Waals surface area contributed by atoms with E-state index in [1.165, 1.54) is 0 Å². The third-order valence-electron chi connectivity index (χ3n) is 2.31. The van der Waals surface area contributed by atoms with E-state index in [9.17, 15) is 0 Å². The van der Waals surface area contributed by atoms with Crippen LogP contribution in [0.4, 0.5) is 0 Å². The van der Waals surface area contributed by atoms with Crippen LogP contribution in [0.2, 0.25) is 0 Å². The van der Waals surface area contributed by atoms with E-state index < -0.39 is 0 Å². The van der Waals surface area contributed by atoms with Gasteiger partial charge in [-0.05, 0) is 63.9 Å². The number of nitrogens with one attached hydrogen (secondary N) is 1. The Balaban J connectivity index is 2.52. The van der Waals surface area contributed by atoms with Crippen LogP contribution in [-0.2, 0) is 0 Å². The third-order valence-corrected chi connectivity index (χ3v) is 3.95. The largest absolute Gasteiger partial charge is 0.491 e. The summed E-state index contributed by atoms with van der Waals surface area (Å²) >= 11 is 10.4. The molecule has 0 radical (unpaired) electrons. The fourth-order valence-corrected chi connectivity index (χ4v) is 3.94. The number of rotatable bonds is 6. The van der Waals surface area contributed by atoms with Gasteiger partial charge in [0.15, 0.2) is 0 Å². The van der Waals surface area contributed by atoms with Crippen molar-refractivity contribution in [3.8, 4) is 5.75 Å². The second kappa shape index (κ2) is 7.77. The zero-order chi connectivity index (χ0) is 12.8. The minimum atomic E-state index is 0.480. The van der Waals surface area contributed by atoms with Crippen molar-refractivity contribution in [2.45, 2.75) is 26.3 Å². The van der Waals surface area contributed by atoms with Crippen LogP contribution in [0.25, 0.3) is 0 Å². The molecule has 0 spiro atoms. The summed E-state index contributed by atoms with van der Waals surface area (Å²) in [5.74, 6) is 0.858. The Hall–Kier alpha value is 0.420. The highest BCUT2D eigenvalue weighted by atomic mass is 79.9. The smallest absolute Gasteiger partial charge is 0.147 e. The predicted molar refractivity (Wildman–Crippen MR) is 82.8 cm³/mol. The molecule has 1 aromatic carbocycles. The maximum Gasteiger partial charge on any atom is 0.147 e. The van der Waals surface area contributed by atoms with Gasteiger partial charge >= 0.3 is 0 Å². The predicted octanol–water partition coefficient (Wildman–Crippen LogP) is 4.74. The van der Waals surface area contributed by atoms with E-state index in [2.05, 4.69) is 67.0 Å². The van der Waals surface area contributed by atoms with Crippen molar-refractivity contribution in [2.24, 2.45) is 0 Å². The van der Waals surface area contributed by atoms with Crippen molar-refractivity contribution in [1.82, 2.24) is 5.32 Å². The lowest BCUT2D eigenvalue weighted by molar-refractivity contribution is 0.288. The van der Waals surface area contributed by atoms with Crippen LogP contribution in [0.1, 0.15) is 20.3 Å². The van der Waals surface area contributed by atoms with Crippen molar-refractivity contribution in [3.05, 3.63) is 25.6 Å². The molecule has 0 heterocycles. The molecule has 0 saturated heterocycles. The molecule has 0 saturated carbocycles. The van der Waals surface area contributed by atoms with E-state index in [-0.39, 0.29) is 0 Å². The third kappa shape index (κ3) is 5.28. The van der Waals surface area contributed by atoms with Gasteiger partial charge < -0.3 is 10.1 Å². The summed E-state index contributed by atoms with van der Waals surface area (Å²) in [6, 6.07) is 4.44. The standard InChI is InChI=1S/C12H16Br3NO/c1-3-16-8(2)4-5-17-12-10(14)6-9(13)7-11(12)15/h6-8,16H,3-5H2,1-2H3. The van der Waals surface area contributed by atoms with Crippen LogP contribution in [0.5, 0.6) is 5.75 Å². The molecule has 1 atom stereocenters. The van der Waals surface area contributed by atoms with Gasteiger partial charge in [0, 0.05) is 10.5 Å². The highest BCUT2D eigenvalue weighted by Gasteiger charge is 2.08. The fraction of sp³-hybridized carbons (Fsp3) is 0.500. The summed E-state index contributed by atoms with van der Waals surface area (Å²) < 4.78 is 8.71. The Bertz CT molecular complexity index is 348. The first kappa shape index (κ1) is 15.5. The monoisotopic (exact) mass is 427 g/mol. The average molecular weight is 430 g/mol. The summed E-state index contributed by atoms with van der Waals surface area (Å²) in [4.78, 5) is 0. The van der Waals surface area contributed by atoms with Gasteiger partial charge in [0.1, 0.15) is 5.75 Å². The second-order valence-electron chi connectivity index (χ2n) is 3.79. The Labute approximate surface area is 128 Å². The highest BCUT2D eigenvalue weighted by molar-refractivity contribution is 9.11. The Morgan fingerprint density at radius 2 is 1.82 bits per heavy atom. The number of halogens is 3. The van der Waals surface area contributed by atoms with Gasteiger partial charge in [-0.25, -0.2) is 0 Å². The van der Waals surface area contributed by atoms with E-state index in [1.807, 2.05) is 12.1 Å². The zero-order valence-corrected chi connectivity index (χ0v) is 14.7. The molecule has 96 valence electrons. The molecular formula is C12H16Br3NO. The summed E-state index contributed by atoms with van der Waals surface area (Å²) in [7, 11) is 0. The van der Waals surface area contributed by atoms with Crippen molar-refractivity contribution in [3.63, 3.8) is 0 Å². The van der Waals surface area contributed by atoms with Gasteiger partial charge in [-0.15, -0.1) is 0 Å². The number of hydrogen-bond donors (Lipinski definition) is 1. The Morgan fingerprint density at radius 1 is 1.24 bits per heavy atom. The van der Waals surface area contributed by atoms with Gasteiger partial charge in [0.05, 0.1) is 15.6 Å². The van der Waals surface area contributed by atoms with Crippen molar-refractivity contribution in [1.29, 1.82) is 0 Å². The molecule has 0 aliphatic heterocycles. The van der Waals surface area contributed by atoms with Gasteiger partial charge in [-0.2, -0.15) is 0 Å². The van der Waals surface area contributed by atoms with E-state index >= 15 is 0 Å². The lowest BCUT2D eigenvalue weighted by Crippen LogP contribution is -2.27. The first-order chi connectivity index (χ1) is 8.04. The molecule has 0 aliphatic carbocycles. The average Bonchev–Trinajstić information content (AvgIpc) is 2.22. The first-order valence-corrected chi connectivity index (χ1v) is 7.93. The van der Waals surface area contributed by atoms with Gasteiger partial charge in [-0.3, -0.25) is 0 Å². The van der Waals surface area contributed by atoms with Crippen LogP contribution >= 0.6 is 47.8 Å². The summed E-state index contributed by atoms with van der Waals surface area (Å²) in [6.07, 6.45) is 0.989. The van der Waals surface area contributed by atoms with Crippen LogP contribution in [0.3, 0.4) is 0 Å². The Morgan fingerprint density at radius 3 is 2.35 bits per heavy atom. The fourth-order valence-electron chi connectivity index (χ4n) is 1.46. The topological polar surface area (TPSA) is 21.3 Å². The van der Waals surface area contributed by atoms with Gasteiger partial charge in [0.25, 0.3) is 0 Å². The van der Waals surface area contributed by atoms with Gasteiger partial charge in [-0.1, -0.05) is 22.9 Å². The van der Waals surface area contributed by atoms with Gasteiger partial charge in [0.2, 0.25) is 0 Å². The number of benzene rings is 1. The van der Waals surface area contributed by atoms with Crippen LogP contribution < -0.4 is 10.1 Å². The molecule has 2 nitrogen and oxygen atoms in total. The molecular weight excluding hydrogens is 414 g/mol. The minimum Gasteiger partial charge on any atom is -0.491 e.